The number of hydrogen-bond donors (Lipinski definition) is 1. The van der Waals surface area contributed by atoms with Crippen molar-refractivity contribution >= 4 is 17.3 Å². The fraction of sp³-hybridized carbons (Fsp3) is 0.500. The van der Waals surface area contributed by atoms with E-state index in [0.29, 0.717) is 12.2 Å². The Balaban J connectivity index is 1.84. The molecule has 0 aromatic heterocycles. The molecule has 0 saturated heterocycles. The van der Waals surface area contributed by atoms with Crippen LogP contribution in [0.25, 0.3) is 0 Å². The second-order valence-electron chi connectivity index (χ2n) is 5.40. The van der Waals surface area contributed by atoms with E-state index in [0.717, 1.165) is 24.1 Å². The van der Waals surface area contributed by atoms with Gasteiger partial charge in [0.2, 0.25) is 11.8 Å². The minimum absolute atomic E-state index is 0.183. The lowest BCUT2D eigenvalue weighted by Gasteiger charge is -2.39. The average molecular weight is 266 g/mol. The molecule has 1 aromatic carbocycles. The summed E-state index contributed by atoms with van der Waals surface area (Å²) in [5, 5.41) is 0. The van der Waals surface area contributed by atoms with Crippen molar-refractivity contribution < 1.29 is 13.6 Å². The van der Waals surface area contributed by atoms with E-state index < -0.39 is 11.8 Å². The van der Waals surface area contributed by atoms with E-state index in [1.807, 2.05) is 12.1 Å². The quantitative estimate of drug-likeness (QED) is 0.794. The van der Waals surface area contributed by atoms with Gasteiger partial charge in [-0.05, 0) is 30.5 Å². The molecule has 5 heteroatoms. The van der Waals surface area contributed by atoms with Gasteiger partial charge in [0.1, 0.15) is 0 Å². The first-order valence-electron chi connectivity index (χ1n) is 6.54. The zero-order valence-electron chi connectivity index (χ0n) is 10.5. The van der Waals surface area contributed by atoms with Crippen LogP contribution in [0.2, 0.25) is 0 Å². The second-order valence-corrected chi connectivity index (χ2v) is 5.40. The first-order chi connectivity index (χ1) is 8.98. The summed E-state index contributed by atoms with van der Waals surface area (Å²) >= 11 is 0. The molecule has 1 aliphatic heterocycles. The third kappa shape index (κ3) is 2.07. The minimum atomic E-state index is -2.66. The van der Waals surface area contributed by atoms with Gasteiger partial charge in [-0.1, -0.05) is 6.07 Å². The number of nitrogen functional groups attached to an aromatic ring is 1. The van der Waals surface area contributed by atoms with E-state index in [2.05, 4.69) is 0 Å². The molecule has 0 bridgehead atoms. The molecule has 0 atom stereocenters. The van der Waals surface area contributed by atoms with Crippen LogP contribution in [0.5, 0.6) is 0 Å². The fourth-order valence-electron chi connectivity index (χ4n) is 2.94. The number of amides is 1. The Morgan fingerprint density at radius 1 is 1.37 bits per heavy atom. The molecule has 19 heavy (non-hydrogen) atoms. The molecular weight excluding hydrogens is 250 g/mol. The van der Waals surface area contributed by atoms with Crippen molar-refractivity contribution in [2.75, 3.05) is 17.2 Å². The van der Waals surface area contributed by atoms with E-state index in [1.54, 1.807) is 11.0 Å². The van der Waals surface area contributed by atoms with Crippen LogP contribution in [0.1, 0.15) is 24.8 Å². The summed E-state index contributed by atoms with van der Waals surface area (Å²) in [6.45, 7) is 0.595. The van der Waals surface area contributed by atoms with Gasteiger partial charge < -0.3 is 10.6 Å². The molecule has 0 unspecified atom stereocenters. The number of benzene rings is 1. The van der Waals surface area contributed by atoms with Crippen LogP contribution >= 0.6 is 0 Å². The van der Waals surface area contributed by atoms with Gasteiger partial charge in [-0.25, -0.2) is 8.78 Å². The molecule has 1 heterocycles. The number of alkyl halides is 2. The number of rotatable bonds is 1. The zero-order valence-corrected chi connectivity index (χ0v) is 10.5. The molecule has 1 saturated carbocycles. The van der Waals surface area contributed by atoms with Crippen LogP contribution in [0.3, 0.4) is 0 Å². The van der Waals surface area contributed by atoms with Crippen LogP contribution in [-0.2, 0) is 11.2 Å². The highest BCUT2D eigenvalue weighted by Gasteiger charge is 2.50. The monoisotopic (exact) mass is 266 g/mol. The highest BCUT2D eigenvalue weighted by atomic mass is 19.3. The Bertz CT molecular complexity index is 522. The smallest absolute Gasteiger partial charge is 0.249 e. The molecule has 102 valence electrons. The number of carbonyl (C=O) groups is 1. The Kier molecular flexibility index (Phi) is 2.73. The molecule has 3 nitrogen and oxygen atoms in total. The number of anilines is 2. The molecule has 2 aliphatic rings. The molecule has 1 aliphatic carbocycles. The Morgan fingerprint density at radius 2 is 2.11 bits per heavy atom. The largest absolute Gasteiger partial charge is 0.398 e. The SMILES string of the molecule is Nc1cccc2c1CCCN2C(=O)C1CC(F)(F)C1. The molecular formula is C14H16F2N2O. The lowest BCUT2D eigenvalue weighted by atomic mass is 9.80. The third-order valence-corrected chi connectivity index (χ3v) is 3.99. The van der Waals surface area contributed by atoms with Crippen LogP contribution in [0.4, 0.5) is 20.2 Å². The predicted molar refractivity (Wildman–Crippen MR) is 69.2 cm³/mol. The summed E-state index contributed by atoms with van der Waals surface area (Å²) in [7, 11) is 0. The van der Waals surface area contributed by atoms with Gasteiger partial charge >= 0.3 is 0 Å². The topological polar surface area (TPSA) is 46.3 Å². The van der Waals surface area contributed by atoms with Gasteiger partial charge in [-0.2, -0.15) is 0 Å². The van der Waals surface area contributed by atoms with E-state index in [1.165, 1.54) is 0 Å². The van der Waals surface area contributed by atoms with Gasteiger partial charge in [-0.3, -0.25) is 4.79 Å². The third-order valence-electron chi connectivity index (χ3n) is 3.99. The van der Waals surface area contributed by atoms with E-state index >= 15 is 0 Å². The summed E-state index contributed by atoms with van der Waals surface area (Å²) in [4.78, 5) is 13.9. The lowest BCUT2D eigenvalue weighted by molar-refractivity contribution is -0.147. The van der Waals surface area contributed by atoms with Crippen LogP contribution in [-0.4, -0.2) is 18.4 Å². The number of hydrogen-bond acceptors (Lipinski definition) is 2. The normalized spacial score (nSPS) is 21.7. The fourth-order valence-corrected chi connectivity index (χ4v) is 2.94. The van der Waals surface area contributed by atoms with Crippen molar-refractivity contribution in [3.05, 3.63) is 23.8 Å². The van der Waals surface area contributed by atoms with Crippen molar-refractivity contribution in [3.8, 4) is 0 Å². The first kappa shape index (κ1) is 12.4. The van der Waals surface area contributed by atoms with Crippen LogP contribution in [0.15, 0.2) is 18.2 Å². The van der Waals surface area contributed by atoms with Gasteiger partial charge in [0, 0.05) is 36.7 Å². The summed E-state index contributed by atoms with van der Waals surface area (Å²) in [6, 6.07) is 5.46. The van der Waals surface area contributed by atoms with E-state index in [4.69, 9.17) is 5.73 Å². The molecule has 1 amide bonds. The van der Waals surface area contributed by atoms with Crippen molar-refractivity contribution in [2.24, 2.45) is 5.92 Å². The first-order valence-corrected chi connectivity index (χ1v) is 6.54. The molecule has 0 spiro atoms. The molecule has 3 rings (SSSR count). The van der Waals surface area contributed by atoms with Gasteiger partial charge in [0.15, 0.2) is 0 Å². The lowest BCUT2D eigenvalue weighted by Crippen LogP contribution is -2.48. The summed E-state index contributed by atoms with van der Waals surface area (Å²) in [5.74, 6) is -3.38. The van der Waals surface area contributed by atoms with Gasteiger partial charge in [0.25, 0.3) is 0 Å². The van der Waals surface area contributed by atoms with Crippen LogP contribution in [0, 0.1) is 5.92 Å². The Labute approximate surface area is 110 Å². The Hall–Kier alpha value is -1.65. The Morgan fingerprint density at radius 3 is 2.79 bits per heavy atom. The summed E-state index contributed by atoms with van der Waals surface area (Å²) < 4.78 is 25.8. The molecule has 2 N–H and O–H groups in total. The van der Waals surface area contributed by atoms with Crippen LogP contribution < -0.4 is 10.6 Å². The van der Waals surface area contributed by atoms with Crippen molar-refractivity contribution in [3.63, 3.8) is 0 Å². The maximum Gasteiger partial charge on any atom is 0.249 e. The highest BCUT2D eigenvalue weighted by molar-refractivity contribution is 5.97. The van der Waals surface area contributed by atoms with Gasteiger partial charge in [0.05, 0.1) is 0 Å². The van der Waals surface area contributed by atoms with E-state index in [-0.39, 0.29) is 18.7 Å². The minimum Gasteiger partial charge on any atom is -0.398 e. The van der Waals surface area contributed by atoms with Crippen molar-refractivity contribution in [1.29, 1.82) is 0 Å². The average Bonchev–Trinajstić information content (AvgIpc) is 2.35. The maximum absolute atomic E-state index is 12.9. The number of carbonyl (C=O) groups excluding carboxylic acids is 1. The van der Waals surface area contributed by atoms with Crippen molar-refractivity contribution in [1.82, 2.24) is 0 Å². The maximum atomic E-state index is 12.9. The summed E-state index contributed by atoms with van der Waals surface area (Å²) in [6.07, 6.45) is 1.03. The molecule has 0 radical (unpaired) electrons. The van der Waals surface area contributed by atoms with E-state index in [9.17, 15) is 13.6 Å². The van der Waals surface area contributed by atoms with Gasteiger partial charge in [-0.15, -0.1) is 0 Å². The standard InChI is InChI=1S/C14H16F2N2O/c15-14(16)7-9(8-14)13(19)18-6-2-3-10-11(17)4-1-5-12(10)18/h1,4-5,9H,2-3,6-8,17H2. The molecule has 1 aromatic rings. The predicted octanol–water partition coefficient (Wildman–Crippen LogP) is 2.59. The number of fused-ring (bicyclic) bond motifs is 1. The zero-order chi connectivity index (χ0) is 13.6. The second kappa shape index (κ2) is 4.18. The highest BCUT2D eigenvalue weighted by Crippen LogP contribution is 2.44. The molecule has 1 fully saturated rings. The summed E-state index contributed by atoms with van der Waals surface area (Å²) in [5.41, 5.74) is 8.35. The number of nitrogens with two attached hydrogens (primary N) is 1. The van der Waals surface area contributed by atoms with Crippen molar-refractivity contribution in [2.45, 2.75) is 31.6 Å². The number of nitrogens with zero attached hydrogens (tertiary/aromatic N) is 1. The number of halogens is 2.